The van der Waals surface area contributed by atoms with Crippen molar-refractivity contribution in [2.24, 2.45) is 7.05 Å². The van der Waals surface area contributed by atoms with Gasteiger partial charge in [0.2, 0.25) is 0 Å². The van der Waals surface area contributed by atoms with Gasteiger partial charge in [-0.15, -0.1) is 16.9 Å². The second kappa shape index (κ2) is 5.85. The van der Waals surface area contributed by atoms with Crippen molar-refractivity contribution in [3.05, 3.63) is 66.1 Å². The van der Waals surface area contributed by atoms with Crippen LogP contribution in [0.15, 0.2) is 60.5 Å². The number of para-hydroxylation sites is 1. The van der Waals surface area contributed by atoms with Gasteiger partial charge in [-0.1, -0.05) is 18.2 Å². The van der Waals surface area contributed by atoms with Crippen molar-refractivity contribution in [1.82, 2.24) is 20.0 Å². The summed E-state index contributed by atoms with van der Waals surface area (Å²) in [4.78, 5) is 2.14. The highest BCUT2D eigenvalue weighted by Crippen LogP contribution is 2.44. The van der Waals surface area contributed by atoms with Crippen LogP contribution in [-0.2, 0) is 7.05 Å². The van der Waals surface area contributed by atoms with E-state index in [0.29, 0.717) is 5.88 Å². The lowest BCUT2D eigenvalue weighted by Crippen LogP contribution is -2.16. The van der Waals surface area contributed by atoms with Crippen LogP contribution in [0.3, 0.4) is 0 Å². The molecule has 7 heteroatoms. The van der Waals surface area contributed by atoms with Gasteiger partial charge in [-0.05, 0) is 17.5 Å². The van der Waals surface area contributed by atoms with Gasteiger partial charge < -0.3 is 9.64 Å². The monoisotopic (exact) mass is 325 g/mol. The molecule has 3 aromatic rings. The lowest BCUT2D eigenvalue weighted by Gasteiger charge is -2.23. The highest BCUT2D eigenvalue weighted by atomic mass is 32.2. The topological polar surface area (TPSA) is 59.0 Å². The number of thioether (sulfide) groups is 1. The second-order valence-electron chi connectivity index (χ2n) is 5.12. The third-order valence-electron chi connectivity index (χ3n) is 3.50. The van der Waals surface area contributed by atoms with Gasteiger partial charge in [0, 0.05) is 25.0 Å². The zero-order chi connectivity index (χ0) is 15.6. The second-order valence-corrected chi connectivity index (χ2v) is 6.11. The van der Waals surface area contributed by atoms with E-state index in [1.54, 1.807) is 16.4 Å². The van der Waals surface area contributed by atoms with Crippen LogP contribution in [0.5, 0.6) is 11.6 Å². The van der Waals surface area contributed by atoms with Crippen molar-refractivity contribution in [3.63, 3.8) is 0 Å². The van der Waals surface area contributed by atoms with Crippen LogP contribution in [0.2, 0.25) is 0 Å². The Morgan fingerprint density at radius 1 is 1.26 bits per heavy atom. The van der Waals surface area contributed by atoms with E-state index < -0.39 is 0 Å². The largest absolute Gasteiger partial charge is 0.436 e. The van der Waals surface area contributed by atoms with Gasteiger partial charge in [0.1, 0.15) is 16.8 Å². The van der Waals surface area contributed by atoms with Crippen molar-refractivity contribution in [1.29, 1.82) is 0 Å². The fourth-order valence-electron chi connectivity index (χ4n) is 2.47. The Bertz CT molecular complexity index is 812. The molecule has 3 heterocycles. The summed E-state index contributed by atoms with van der Waals surface area (Å²) < 4.78 is 7.73. The average molecular weight is 325 g/mol. The van der Waals surface area contributed by atoms with Crippen molar-refractivity contribution in [2.45, 2.75) is 5.37 Å². The van der Waals surface area contributed by atoms with E-state index in [1.807, 2.05) is 62.2 Å². The molecule has 1 aromatic carbocycles. The summed E-state index contributed by atoms with van der Waals surface area (Å²) in [7, 11) is 1.89. The Balaban J connectivity index is 1.67. The Morgan fingerprint density at radius 2 is 2.13 bits per heavy atom. The van der Waals surface area contributed by atoms with Crippen LogP contribution < -0.4 is 9.64 Å². The van der Waals surface area contributed by atoms with E-state index in [2.05, 4.69) is 25.6 Å². The summed E-state index contributed by atoms with van der Waals surface area (Å²) in [6.45, 7) is 0. The van der Waals surface area contributed by atoms with Gasteiger partial charge in [0.15, 0.2) is 0 Å². The third-order valence-corrected chi connectivity index (χ3v) is 4.53. The maximum atomic E-state index is 5.97. The van der Waals surface area contributed by atoms with Gasteiger partial charge >= 0.3 is 0 Å². The molecular weight excluding hydrogens is 310 g/mol. The summed E-state index contributed by atoms with van der Waals surface area (Å²) in [6.07, 6.45) is 7.75. The molecule has 0 radical (unpaired) electrons. The third kappa shape index (κ3) is 2.70. The first-order valence-corrected chi connectivity index (χ1v) is 8.11. The number of H-pyrrole nitrogens is 1. The molecule has 4 rings (SSSR count). The molecule has 0 fully saturated rings. The minimum absolute atomic E-state index is 0.121. The maximum Gasteiger partial charge on any atom is 0.262 e. The Hall–Kier alpha value is -2.67. The van der Waals surface area contributed by atoms with Crippen LogP contribution in [0.4, 0.5) is 5.69 Å². The first-order chi connectivity index (χ1) is 11.3. The number of benzene rings is 1. The molecule has 23 heavy (non-hydrogen) atoms. The summed E-state index contributed by atoms with van der Waals surface area (Å²) in [6, 6.07) is 9.68. The smallest absolute Gasteiger partial charge is 0.262 e. The van der Waals surface area contributed by atoms with Crippen molar-refractivity contribution < 1.29 is 4.74 Å². The van der Waals surface area contributed by atoms with Gasteiger partial charge in [0.25, 0.3) is 5.88 Å². The molecule has 6 nitrogen and oxygen atoms in total. The van der Waals surface area contributed by atoms with Crippen LogP contribution >= 0.6 is 11.8 Å². The number of aromatic nitrogens is 4. The van der Waals surface area contributed by atoms with E-state index in [1.165, 1.54) is 0 Å². The minimum atomic E-state index is 0.121. The highest BCUT2D eigenvalue weighted by Gasteiger charge is 2.28. The van der Waals surface area contributed by atoms with E-state index in [0.717, 1.165) is 17.0 Å². The van der Waals surface area contributed by atoms with Crippen LogP contribution in [0.25, 0.3) is 0 Å². The first kappa shape index (κ1) is 14.0. The lowest BCUT2D eigenvalue weighted by atomic mass is 10.3. The molecule has 2 aromatic heterocycles. The number of anilines is 1. The maximum absolute atomic E-state index is 5.97. The molecule has 1 N–H and O–H groups in total. The van der Waals surface area contributed by atoms with Gasteiger partial charge in [0.05, 0.1) is 12.4 Å². The van der Waals surface area contributed by atoms with E-state index >= 15 is 0 Å². The normalized spacial score (nSPS) is 16.9. The molecule has 0 amide bonds. The fraction of sp³-hybridized carbons (Fsp3) is 0.125. The molecule has 1 aliphatic heterocycles. The number of rotatable bonds is 4. The SMILES string of the molecule is Cn1cc(N2C=CSC2c2cn[nH]c2)c(Oc2ccccc2)n1. The number of aryl methyl sites for hydroxylation is 1. The molecule has 116 valence electrons. The molecular formula is C16H15N5OS. The molecule has 1 atom stereocenters. The molecule has 1 unspecified atom stereocenters. The predicted octanol–water partition coefficient (Wildman–Crippen LogP) is 3.66. The molecule has 0 saturated heterocycles. The number of aromatic amines is 1. The highest BCUT2D eigenvalue weighted by molar-refractivity contribution is 8.02. The molecule has 0 saturated carbocycles. The van der Waals surface area contributed by atoms with Crippen molar-refractivity contribution in [3.8, 4) is 11.6 Å². The predicted molar refractivity (Wildman–Crippen MR) is 90.3 cm³/mol. The summed E-state index contributed by atoms with van der Waals surface area (Å²) in [5.41, 5.74) is 2.03. The Labute approximate surface area is 137 Å². The quantitative estimate of drug-likeness (QED) is 0.793. The van der Waals surface area contributed by atoms with E-state index in [9.17, 15) is 0 Å². The zero-order valence-corrected chi connectivity index (χ0v) is 13.3. The Morgan fingerprint density at radius 3 is 2.91 bits per heavy atom. The molecule has 0 bridgehead atoms. The summed E-state index contributed by atoms with van der Waals surface area (Å²) in [5, 5.41) is 13.6. The molecule has 0 aliphatic carbocycles. The number of ether oxygens (including phenoxy) is 1. The fourth-order valence-corrected chi connectivity index (χ4v) is 3.42. The molecule has 0 spiro atoms. The zero-order valence-electron chi connectivity index (χ0n) is 12.5. The van der Waals surface area contributed by atoms with E-state index in [-0.39, 0.29) is 5.37 Å². The number of nitrogens with one attached hydrogen (secondary N) is 1. The van der Waals surface area contributed by atoms with Crippen molar-refractivity contribution in [2.75, 3.05) is 4.90 Å². The standard InChI is InChI=1S/C16H15N5OS/c1-20-11-14(15(19-20)22-13-5-3-2-4-6-13)21-7-8-23-16(21)12-9-17-18-10-12/h2-11,16H,1H3,(H,17,18). The minimum Gasteiger partial charge on any atom is -0.436 e. The van der Waals surface area contributed by atoms with Gasteiger partial charge in [-0.2, -0.15) is 5.10 Å². The number of hydrogen-bond acceptors (Lipinski definition) is 5. The number of hydrogen-bond donors (Lipinski definition) is 1. The van der Waals surface area contributed by atoms with Crippen molar-refractivity contribution >= 4 is 17.4 Å². The summed E-state index contributed by atoms with van der Waals surface area (Å²) in [5.74, 6) is 1.35. The first-order valence-electron chi connectivity index (χ1n) is 7.17. The number of nitrogens with zero attached hydrogens (tertiary/aromatic N) is 4. The average Bonchev–Trinajstić information content (AvgIpc) is 3.27. The van der Waals surface area contributed by atoms with Crippen LogP contribution in [-0.4, -0.2) is 20.0 Å². The van der Waals surface area contributed by atoms with Gasteiger partial charge in [-0.25, -0.2) is 0 Å². The lowest BCUT2D eigenvalue weighted by molar-refractivity contribution is 0.454. The Kier molecular flexibility index (Phi) is 3.55. The van der Waals surface area contributed by atoms with Crippen LogP contribution in [0.1, 0.15) is 10.9 Å². The van der Waals surface area contributed by atoms with Gasteiger partial charge in [-0.3, -0.25) is 9.78 Å². The van der Waals surface area contributed by atoms with Crippen LogP contribution in [0, 0.1) is 0 Å². The molecule has 1 aliphatic rings. The van der Waals surface area contributed by atoms with E-state index in [4.69, 9.17) is 4.74 Å². The summed E-state index contributed by atoms with van der Waals surface area (Å²) >= 11 is 1.72.